The van der Waals surface area contributed by atoms with Crippen LogP contribution in [0.15, 0.2) is 97.1 Å². The van der Waals surface area contributed by atoms with Crippen LogP contribution in [-0.2, 0) is 6.54 Å². The molecule has 0 radical (unpaired) electrons. The van der Waals surface area contributed by atoms with Crippen LogP contribution in [0.25, 0.3) is 43.4 Å². The third-order valence-electron chi connectivity index (χ3n) is 6.35. The molecule has 0 aliphatic carbocycles. The molecule has 0 amide bonds. The lowest BCUT2D eigenvalue weighted by Gasteiger charge is -2.11. The Morgan fingerprint density at radius 1 is 0.645 bits per heavy atom. The molecule has 31 heavy (non-hydrogen) atoms. The van der Waals surface area contributed by atoms with E-state index in [9.17, 15) is 4.79 Å². The number of aromatic nitrogens is 1. The summed E-state index contributed by atoms with van der Waals surface area (Å²) in [5, 5.41) is 6.51. The van der Waals surface area contributed by atoms with E-state index in [1.54, 1.807) is 0 Å². The number of benzene rings is 5. The van der Waals surface area contributed by atoms with E-state index in [2.05, 4.69) is 78.2 Å². The molecular formula is C29H21NO. The normalized spacial score (nSPS) is 11.6. The fourth-order valence-corrected chi connectivity index (χ4v) is 4.94. The average molecular weight is 399 g/mol. The summed E-state index contributed by atoms with van der Waals surface area (Å²) in [4.78, 5) is 13.9. The lowest BCUT2D eigenvalue weighted by atomic mass is 9.91. The van der Waals surface area contributed by atoms with Crippen LogP contribution in [0, 0.1) is 0 Å². The average Bonchev–Trinajstić information content (AvgIpc) is 3.15. The molecule has 0 N–H and O–H groups in total. The summed E-state index contributed by atoms with van der Waals surface area (Å²) >= 11 is 0. The highest BCUT2D eigenvalue weighted by Gasteiger charge is 2.18. The smallest absolute Gasteiger partial charge is 0.194 e. The van der Waals surface area contributed by atoms with Crippen molar-refractivity contribution >= 4 is 49.1 Å². The Kier molecular flexibility index (Phi) is 3.94. The third-order valence-corrected chi connectivity index (χ3v) is 6.35. The standard InChI is InChI=1S/C29H21NO/c1-2-30-26-14-8-7-13-24(26)25-18-21(15-16-27(25)30)29(31)28-22-11-5-3-9-19(22)17-20-10-4-6-12-23(20)28/h3-18H,2H2,1H3. The van der Waals surface area contributed by atoms with E-state index in [1.807, 2.05) is 30.3 Å². The van der Waals surface area contributed by atoms with Crippen molar-refractivity contribution in [1.29, 1.82) is 0 Å². The van der Waals surface area contributed by atoms with Crippen LogP contribution in [0.4, 0.5) is 0 Å². The molecule has 0 aliphatic heterocycles. The number of ketones is 1. The van der Waals surface area contributed by atoms with Gasteiger partial charge in [0.1, 0.15) is 0 Å². The molecule has 0 fully saturated rings. The predicted molar refractivity (Wildman–Crippen MR) is 130 cm³/mol. The van der Waals surface area contributed by atoms with Crippen LogP contribution < -0.4 is 0 Å². The van der Waals surface area contributed by atoms with Crippen molar-refractivity contribution in [3.05, 3.63) is 108 Å². The number of para-hydroxylation sites is 1. The number of rotatable bonds is 3. The minimum absolute atomic E-state index is 0.0724. The summed E-state index contributed by atoms with van der Waals surface area (Å²) in [6.45, 7) is 3.05. The van der Waals surface area contributed by atoms with E-state index in [0.717, 1.165) is 44.6 Å². The highest BCUT2D eigenvalue weighted by atomic mass is 16.1. The maximum absolute atomic E-state index is 13.9. The van der Waals surface area contributed by atoms with Gasteiger partial charge in [-0.3, -0.25) is 4.79 Å². The molecule has 5 aromatic carbocycles. The number of hydrogen-bond acceptors (Lipinski definition) is 1. The second-order valence-corrected chi connectivity index (χ2v) is 8.02. The minimum Gasteiger partial charge on any atom is -0.341 e. The Morgan fingerprint density at radius 3 is 1.90 bits per heavy atom. The lowest BCUT2D eigenvalue weighted by Crippen LogP contribution is -2.04. The van der Waals surface area contributed by atoms with Crippen LogP contribution >= 0.6 is 0 Å². The number of nitrogens with zero attached hydrogens (tertiary/aromatic N) is 1. The number of fused-ring (bicyclic) bond motifs is 5. The molecule has 2 nitrogen and oxygen atoms in total. The van der Waals surface area contributed by atoms with E-state index < -0.39 is 0 Å². The van der Waals surface area contributed by atoms with Gasteiger partial charge in [-0.25, -0.2) is 0 Å². The SMILES string of the molecule is CCn1c2ccccc2c2cc(C(=O)c3c4ccccc4cc4ccccc34)ccc21. The summed E-state index contributed by atoms with van der Waals surface area (Å²) in [6, 6.07) is 33.1. The van der Waals surface area contributed by atoms with Gasteiger partial charge in [0.2, 0.25) is 0 Å². The van der Waals surface area contributed by atoms with Gasteiger partial charge in [-0.15, -0.1) is 0 Å². The zero-order valence-electron chi connectivity index (χ0n) is 17.3. The molecule has 0 atom stereocenters. The van der Waals surface area contributed by atoms with Gasteiger partial charge in [-0.05, 0) is 58.8 Å². The number of carbonyl (C=O) groups excluding carboxylic acids is 1. The van der Waals surface area contributed by atoms with Gasteiger partial charge in [-0.2, -0.15) is 0 Å². The van der Waals surface area contributed by atoms with Crippen molar-refractivity contribution in [2.75, 3.05) is 0 Å². The Hall–Kier alpha value is -3.91. The summed E-state index contributed by atoms with van der Waals surface area (Å²) in [5.74, 6) is 0.0724. The van der Waals surface area contributed by atoms with Crippen molar-refractivity contribution in [3.8, 4) is 0 Å². The molecule has 6 rings (SSSR count). The third kappa shape index (κ3) is 2.62. The maximum atomic E-state index is 13.9. The van der Waals surface area contributed by atoms with Crippen molar-refractivity contribution in [2.45, 2.75) is 13.5 Å². The minimum atomic E-state index is 0.0724. The van der Waals surface area contributed by atoms with Crippen molar-refractivity contribution in [2.24, 2.45) is 0 Å². The number of hydrogen-bond donors (Lipinski definition) is 0. The van der Waals surface area contributed by atoms with Crippen molar-refractivity contribution in [3.63, 3.8) is 0 Å². The second-order valence-electron chi connectivity index (χ2n) is 8.02. The maximum Gasteiger partial charge on any atom is 0.194 e. The first kappa shape index (κ1) is 17.9. The monoisotopic (exact) mass is 399 g/mol. The van der Waals surface area contributed by atoms with Gasteiger partial charge < -0.3 is 4.57 Å². The molecule has 0 unspecified atom stereocenters. The summed E-state index contributed by atoms with van der Waals surface area (Å²) in [7, 11) is 0. The quantitative estimate of drug-likeness (QED) is 0.225. The first-order valence-electron chi connectivity index (χ1n) is 10.7. The molecular weight excluding hydrogens is 378 g/mol. The van der Waals surface area contributed by atoms with Gasteiger partial charge in [0, 0.05) is 39.5 Å². The molecule has 2 heteroatoms. The lowest BCUT2D eigenvalue weighted by molar-refractivity contribution is 0.104. The van der Waals surface area contributed by atoms with Gasteiger partial charge in [-0.1, -0.05) is 66.7 Å². The molecule has 0 saturated carbocycles. The number of aryl methyl sites for hydroxylation is 1. The Labute approximate surface area is 180 Å². The Bertz CT molecular complexity index is 1580. The fraction of sp³-hybridized carbons (Fsp3) is 0.0690. The Morgan fingerprint density at radius 2 is 1.23 bits per heavy atom. The van der Waals surface area contributed by atoms with Gasteiger partial charge in [0.05, 0.1) is 0 Å². The highest BCUT2D eigenvalue weighted by molar-refractivity contribution is 6.25. The molecule has 1 heterocycles. The van der Waals surface area contributed by atoms with E-state index >= 15 is 0 Å². The van der Waals surface area contributed by atoms with Crippen LogP contribution in [0.1, 0.15) is 22.8 Å². The molecule has 6 aromatic rings. The fourth-order valence-electron chi connectivity index (χ4n) is 4.94. The first-order valence-corrected chi connectivity index (χ1v) is 10.7. The molecule has 1 aromatic heterocycles. The zero-order valence-corrected chi connectivity index (χ0v) is 17.3. The largest absolute Gasteiger partial charge is 0.341 e. The summed E-state index contributed by atoms with van der Waals surface area (Å²) in [6.07, 6.45) is 0. The van der Waals surface area contributed by atoms with E-state index in [4.69, 9.17) is 0 Å². The molecule has 0 saturated heterocycles. The van der Waals surface area contributed by atoms with Crippen molar-refractivity contribution in [1.82, 2.24) is 4.57 Å². The van der Waals surface area contributed by atoms with Crippen LogP contribution in [0.3, 0.4) is 0 Å². The molecule has 148 valence electrons. The van der Waals surface area contributed by atoms with Crippen LogP contribution in [0.2, 0.25) is 0 Å². The second kappa shape index (κ2) is 6.82. The molecule has 0 spiro atoms. The summed E-state index contributed by atoms with van der Waals surface area (Å²) < 4.78 is 2.31. The zero-order chi connectivity index (χ0) is 20.9. The van der Waals surface area contributed by atoms with E-state index in [1.165, 1.54) is 16.4 Å². The molecule has 0 aliphatic rings. The number of carbonyl (C=O) groups is 1. The first-order chi connectivity index (χ1) is 15.3. The van der Waals surface area contributed by atoms with Crippen LogP contribution in [0.5, 0.6) is 0 Å². The van der Waals surface area contributed by atoms with Crippen molar-refractivity contribution < 1.29 is 4.79 Å². The summed E-state index contributed by atoms with van der Waals surface area (Å²) in [5.41, 5.74) is 3.89. The van der Waals surface area contributed by atoms with E-state index in [0.29, 0.717) is 0 Å². The van der Waals surface area contributed by atoms with Gasteiger partial charge >= 0.3 is 0 Å². The van der Waals surface area contributed by atoms with E-state index in [-0.39, 0.29) is 5.78 Å². The Balaban J connectivity index is 1.65. The van der Waals surface area contributed by atoms with Gasteiger partial charge in [0.25, 0.3) is 0 Å². The predicted octanol–water partition coefficient (Wildman–Crippen LogP) is 7.35. The van der Waals surface area contributed by atoms with Gasteiger partial charge in [0.15, 0.2) is 5.78 Å². The molecule has 0 bridgehead atoms. The van der Waals surface area contributed by atoms with Crippen LogP contribution in [-0.4, -0.2) is 10.4 Å². The highest BCUT2D eigenvalue weighted by Crippen LogP contribution is 2.33. The topological polar surface area (TPSA) is 22.0 Å².